The maximum Gasteiger partial charge on any atom is 0.107 e. The van der Waals surface area contributed by atoms with Crippen LogP contribution in [0.2, 0.25) is 0 Å². The number of rotatable bonds is 4. The van der Waals surface area contributed by atoms with Gasteiger partial charge in [-0.3, -0.25) is 4.90 Å². The van der Waals surface area contributed by atoms with Crippen molar-refractivity contribution in [2.75, 3.05) is 37.3 Å². The number of anilines is 1. The van der Waals surface area contributed by atoms with E-state index in [-0.39, 0.29) is 0 Å². The van der Waals surface area contributed by atoms with Crippen LogP contribution in [0.1, 0.15) is 24.8 Å². The fourth-order valence-electron chi connectivity index (χ4n) is 3.57. The van der Waals surface area contributed by atoms with E-state index in [0.29, 0.717) is 11.0 Å². The fraction of sp³-hybridized carbons (Fsp3) is 0.562. The molecule has 0 aromatic heterocycles. The van der Waals surface area contributed by atoms with Crippen molar-refractivity contribution in [2.24, 2.45) is 5.73 Å². The summed E-state index contributed by atoms with van der Waals surface area (Å²) in [6.45, 7) is 4.75. The summed E-state index contributed by atoms with van der Waals surface area (Å²) in [6, 6.07) is 7.09. The molecule has 3 rings (SSSR count). The first-order chi connectivity index (χ1) is 10.2. The summed E-state index contributed by atoms with van der Waals surface area (Å²) in [4.78, 5) is 6.82. The van der Waals surface area contributed by atoms with Crippen molar-refractivity contribution in [1.82, 2.24) is 4.90 Å². The van der Waals surface area contributed by atoms with Gasteiger partial charge in [0.2, 0.25) is 0 Å². The minimum absolute atomic E-state index is 0.513. The number of nitrogens with two attached hydrogens (primary N) is 1. The molecule has 0 saturated carbocycles. The molecule has 2 fully saturated rings. The van der Waals surface area contributed by atoms with E-state index in [1.807, 2.05) is 0 Å². The number of hydrogen-bond donors (Lipinski definition) is 1. The Morgan fingerprint density at radius 3 is 2.71 bits per heavy atom. The van der Waals surface area contributed by atoms with Crippen molar-refractivity contribution in [3.05, 3.63) is 23.8 Å². The van der Waals surface area contributed by atoms with E-state index in [1.165, 1.54) is 42.9 Å². The molecule has 1 unspecified atom stereocenters. The lowest BCUT2D eigenvalue weighted by Gasteiger charge is -2.26. The molecule has 1 atom stereocenters. The molecule has 2 aliphatic rings. The van der Waals surface area contributed by atoms with Gasteiger partial charge in [0.05, 0.1) is 0 Å². The van der Waals surface area contributed by atoms with Crippen molar-refractivity contribution >= 4 is 34.7 Å². The normalized spacial score (nSPS) is 22.9. The highest BCUT2D eigenvalue weighted by atomic mass is 32.2. The van der Waals surface area contributed by atoms with E-state index in [2.05, 4.69) is 34.3 Å². The lowest BCUT2D eigenvalue weighted by molar-refractivity contribution is 0.260. The first-order valence-corrected chi connectivity index (χ1v) is 9.30. The minimum atomic E-state index is 0.513. The monoisotopic (exact) mass is 321 g/mol. The van der Waals surface area contributed by atoms with Gasteiger partial charge in [-0.25, -0.2) is 0 Å². The highest BCUT2D eigenvalue weighted by Gasteiger charge is 2.30. The van der Waals surface area contributed by atoms with Gasteiger partial charge in [0, 0.05) is 35.3 Å². The Balaban J connectivity index is 1.82. The van der Waals surface area contributed by atoms with Gasteiger partial charge in [-0.05, 0) is 50.7 Å². The first kappa shape index (κ1) is 15.1. The minimum Gasteiger partial charge on any atom is -0.389 e. The van der Waals surface area contributed by atoms with E-state index >= 15 is 0 Å². The lowest BCUT2D eigenvalue weighted by atomic mass is 10.1. The van der Waals surface area contributed by atoms with Crippen LogP contribution in [0.15, 0.2) is 23.1 Å². The second kappa shape index (κ2) is 6.55. The first-order valence-electron chi connectivity index (χ1n) is 7.66. The van der Waals surface area contributed by atoms with E-state index in [9.17, 15) is 0 Å². The molecule has 0 amide bonds. The van der Waals surface area contributed by atoms with Crippen LogP contribution in [0.4, 0.5) is 5.69 Å². The van der Waals surface area contributed by atoms with Crippen molar-refractivity contribution in [1.29, 1.82) is 0 Å². The zero-order valence-corrected chi connectivity index (χ0v) is 14.2. The molecule has 0 aliphatic carbocycles. The predicted octanol–water partition coefficient (Wildman–Crippen LogP) is 2.72. The van der Waals surface area contributed by atoms with Crippen LogP contribution < -0.4 is 10.6 Å². The highest BCUT2D eigenvalue weighted by molar-refractivity contribution is 7.98. The number of thiocarbonyl (C=S) groups is 1. The smallest absolute Gasteiger partial charge is 0.107 e. The zero-order valence-electron chi connectivity index (χ0n) is 12.5. The number of nitrogens with zero attached hydrogens (tertiary/aromatic N) is 2. The molecular formula is C16H23N3S2. The lowest BCUT2D eigenvalue weighted by Crippen LogP contribution is -2.35. The molecular weight excluding hydrogens is 298 g/mol. The molecule has 114 valence electrons. The van der Waals surface area contributed by atoms with Gasteiger partial charge >= 0.3 is 0 Å². The summed E-state index contributed by atoms with van der Waals surface area (Å²) in [6.07, 6.45) is 6.05. The summed E-state index contributed by atoms with van der Waals surface area (Å²) >= 11 is 7.02. The summed E-state index contributed by atoms with van der Waals surface area (Å²) in [7, 11) is 0. The van der Waals surface area contributed by atoms with Crippen LogP contribution in [-0.2, 0) is 0 Å². The van der Waals surface area contributed by atoms with E-state index in [4.69, 9.17) is 18.0 Å². The predicted molar refractivity (Wildman–Crippen MR) is 95.5 cm³/mol. The third kappa shape index (κ3) is 3.05. The van der Waals surface area contributed by atoms with E-state index < -0.39 is 0 Å². The van der Waals surface area contributed by atoms with Gasteiger partial charge in [-0.1, -0.05) is 18.3 Å². The maximum atomic E-state index is 6.00. The van der Waals surface area contributed by atoms with Gasteiger partial charge in [-0.15, -0.1) is 11.8 Å². The van der Waals surface area contributed by atoms with E-state index in [0.717, 1.165) is 18.7 Å². The van der Waals surface area contributed by atoms with Gasteiger partial charge in [0.1, 0.15) is 4.99 Å². The Kier molecular flexibility index (Phi) is 4.72. The van der Waals surface area contributed by atoms with Crippen LogP contribution in [0.5, 0.6) is 0 Å². The van der Waals surface area contributed by atoms with Gasteiger partial charge in [0.15, 0.2) is 0 Å². The molecule has 3 nitrogen and oxygen atoms in total. The number of benzene rings is 1. The average molecular weight is 322 g/mol. The van der Waals surface area contributed by atoms with Crippen molar-refractivity contribution in [3.8, 4) is 0 Å². The molecule has 2 N–H and O–H groups in total. The van der Waals surface area contributed by atoms with Crippen molar-refractivity contribution < 1.29 is 0 Å². The Hall–Kier alpha value is -0.780. The molecule has 2 saturated heterocycles. The quantitative estimate of drug-likeness (QED) is 0.681. The SMILES string of the molecule is CSc1cccc(N2CCC(N3CCCC3)C2)c1C(N)=S. The van der Waals surface area contributed by atoms with Crippen molar-refractivity contribution in [2.45, 2.75) is 30.2 Å². The molecule has 5 heteroatoms. The van der Waals surface area contributed by atoms with E-state index in [1.54, 1.807) is 11.8 Å². The van der Waals surface area contributed by atoms with Crippen LogP contribution in [0.25, 0.3) is 0 Å². The van der Waals surface area contributed by atoms with Crippen molar-refractivity contribution in [3.63, 3.8) is 0 Å². The van der Waals surface area contributed by atoms with Gasteiger partial charge < -0.3 is 10.6 Å². The van der Waals surface area contributed by atoms with Crippen LogP contribution >= 0.6 is 24.0 Å². The molecule has 0 radical (unpaired) electrons. The zero-order chi connectivity index (χ0) is 14.8. The standard InChI is InChI=1S/C16H23N3S2/c1-21-14-6-4-5-13(15(14)16(17)20)19-10-7-12(11-19)18-8-2-3-9-18/h4-6,12H,2-3,7-11H2,1H3,(H2,17,20). The summed E-state index contributed by atoms with van der Waals surface area (Å²) in [5.41, 5.74) is 8.27. The third-order valence-corrected chi connectivity index (χ3v) is 5.62. The van der Waals surface area contributed by atoms with Gasteiger partial charge in [0.25, 0.3) is 0 Å². The topological polar surface area (TPSA) is 32.5 Å². The Labute approximate surface area is 136 Å². The Bertz CT molecular complexity index is 526. The van der Waals surface area contributed by atoms with Crippen LogP contribution in [0, 0.1) is 0 Å². The second-order valence-corrected chi connectivity index (χ2v) is 7.14. The molecule has 2 heterocycles. The Morgan fingerprint density at radius 1 is 1.29 bits per heavy atom. The molecule has 21 heavy (non-hydrogen) atoms. The molecule has 2 aliphatic heterocycles. The summed E-state index contributed by atoms with van der Waals surface area (Å²) in [5, 5.41) is 0. The highest BCUT2D eigenvalue weighted by Crippen LogP contribution is 2.33. The van der Waals surface area contributed by atoms with Crippen LogP contribution in [0.3, 0.4) is 0 Å². The Morgan fingerprint density at radius 2 is 2.05 bits per heavy atom. The number of likely N-dealkylation sites (tertiary alicyclic amines) is 1. The third-order valence-electron chi connectivity index (χ3n) is 4.63. The second-order valence-electron chi connectivity index (χ2n) is 5.85. The fourth-order valence-corrected chi connectivity index (χ4v) is 4.48. The maximum absolute atomic E-state index is 6.00. The summed E-state index contributed by atoms with van der Waals surface area (Å²) < 4.78 is 0. The molecule has 0 bridgehead atoms. The molecule has 1 aromatic carbocycles. The van der Waals surface area contributed by atoms with Gasteiger partial charge in [-0.2, -0.15) is 0 Å². The molecule has 0 spiro atoms. The summed E-state index contributed by atoms with van der Waals surface area (Å²) in [5.74, 6) is 0. The average Bonchev–Trinajstić information content (AvgIpc) is 3.16. The number of thioether (sulfide) groups is 1. The largest absolute Gasteiger partial charge is 0.389 e. The molecule has 1 aromatic rings. The number of hydrogen-bond acceptors (Lipinski definition) is 4. The van der Waals surface area contributed by atoms with Crippen LogP contribution in [-0.4, -0.2) is 48.4 Å².